The van der Waals surface area contributed by atoms with Crippen molar-refractivity contribution < 1.29 is 14.3 Å². The van der Waals surface area contributed by atoms with Gasteiger partial charge in [0.05, 0.1) is 22.7 Å². The van der Waals surface area contributed by atoms with Crippen molar-refractivity contribution >= 4 is 29.3 Å². The highest BCUT2D eigenvalue weighted by atomic mass is 35.5. The molecule has 1 N–H and O–H groups in total. The first-order valence-electron chi connectivity index (χ1n) is 9.56. The van der Waals surface area contributed by atoms with Crippen LogP contribution in [0.25, 0.3) is 0 Å². The van der Waals surface area contributed by atoms with Crippen molar-refractivity contribution in [2.75, 3.05) is 25.0 Å². The first kappa shape index (κ1) is 20.2. The van der Waals surface area contributed by atoms with Gasteiger partial charge in [-0.05, 0) is 43.9 Å². The highest BCUT2D eigenvalue weighted by molar-refractivity contribution is 6.33. The molecule has 1 atom stereocenters. The van der Waals surface area contributed by atoms with Gasteiger partial charge in [0.1, 0.15) is 0 Å². The normalized spacial score (nSPS) is 19.1. The fourth-order valence-corrected chi connectivity index (χ4v) is 3.90. The fourth-order valence-electron chi connectivity index (χ4n) is 3.72. The van der Waals surface area contributed by atoms with E-state index in [9.17, 15) is 9.59 Å². The molecule has 28 heavy (non-hydrogen) atoms. The van der Waals surface area contributed by atoms with E-state index in [2.05, 4.69) is 5.32 Å². The van der Waals surface area contributed by atoms with Crippen molar-refractivity contribution in [3.63, 3.8) is 0 Å². The van der Waals surface area contributed by atoms with E-state index in [0.29, 0.717) is 43.2 Å². The number of para-hydroxylation sites is 1. The number of carbonyl (C=O) groups is 2. The van der Waals surface area contributed by atoms with E-state index in [1.807, 2.05) is 42.5 Å². The maximum atomic E-state index is 12.9. The van der Waals surface area contributed by atoms with Crippen LogP contribution in [-0.4, -0.2) is 36.6 Å². The summed E-state index contributed by atoms with van der Waals surface area (Å²) in [5, 5.41) is 3.34. The summed E-state index contributed by atoms with van der Waals surface area (Å²) in [5.41, 5.74) is 0.876. The van der Waals surface area contributed by atoms with Crippen LogP contribution >= 0.6 is 11.6 Å². The quantitative estimate of drug-likeness (QED) is 0.736. The second-order valence-electron chi connectivity index (χ2n) is 7.10. The van der Waals surface area contributed by atoms with E-state index in [1.54, 1.807) is 24.0 Å². The lowest BCUT2D eigenvalue weighted by Crippen LogP contribution is -2.52. The minimum absolute atomic E-state index is 0.242. The topological polar surface area (TPSA) is 58.6 Å². The minimum atomic E-state index is -0.743. The van der Waals surface area contributed by atoms with Crippen LogP contribution in [0, 0.1) is 5.41 Å². The lowest BCUT2D eigenvalue weighted by Gasteiger charge is -2.41. The number of nitrogens with one attached hydrogen (secondary N) is 1. The lowest BCUT2D eigenvalue weighted by atomic mass is 9.75. The zero-order valence-electron chi connectivity index (χ0n) is 16.0. The molecule has 0 unspecified atom stereocenters. The van der Waals surface area contributed by atoms with Gasteiger partial charge in [-0.1, -0.05) is 54.1 Å². The number of nitrogens with zero attached hydrogens (tertiary/aromatic N) is 1. The number of hydrogen-bond acceptors (Lipinski definition) is 3. The average Bonchev–Trinajstić information content (AvgIpc) is 2.71. The van der Waals surface area contributed by atoms with Crippen LogP contribution < -0.4 is 5.32 Å². The van der Waals surface area contributed by atoms with E-state index in [4.69, 9.17) is 16.3 Å². The minimum Gasteiger partial charge on any atom is -0.466 e. The second-order valence-corrected chi connectivity index (χ2v) is 7.51. The van der Waals surface area contributed by atoms with Gasteiger partial charge in [-0.2, -0.15) is 0 Å². The molecule has 0 spiro atoms. The number of anilines is 1. The van der Waals surface area contributed by atoms with Crippen LogP contribution in [0.1, 0.15) is 25.3 Å². The summed E-state index contributed by atoms with van der Waals surface area (Å²) in [7, 11) is 0. The van der Waals surface area contributed by atoms with E-state index >= 15 is 0 Å². The summed E-state index contributed by atoms with van der Waals surface area (Å²) in [6.45, 7) is 3.03. The maximum absolute atomic E-state index is 12.9. The molecule has 2 aromatic rings. The number of urea groups is 1. The van der Waals surface area contributed by atoms with Gasteiger partial charge in [0, 0.05) is 13.1 Å². The number of rotatable bonds is 5. The largest absolute Gasteiger partial charge is 0.466 e. The number of piperidine rings is 1. The van der Waals surface area contributed by atoms with Gasteiger partial charge in [0.15, 0.2) is 0 Å². The van der Waals surface area contributed by atoms with Crippen molar-refractivity contribution in [3.05, 3.63) is 65.2 Å². The summed E-state index contributed by atoms with van der Waals surface area (Å²) in [5.74, 6) is -0.242. The molecule has 0 saturated carbocycles. The van der Waals surface area contributed by atoms with Crippen molar-refractivity contribution in [2.24, 2.45) is 5.41 Å². The number of ether oxygens (including phenoxy) is 1. The molecule has 148 valence electrons. The molecular formula is C22H25ClN2O3. The molecule has 0 aromatic heterocycles. The zero-order valence-corrected chi connectivity index (χ0v) is 16.7. The molecule has 3 rings (SSSR count). The molecule has 6 heteroatoms. The molecule has 0 radical (unpaired) electrons. The highest BCUT2D eigenvalue weighted by Crippen LogP contribution is 2.36. The summed E-state index contributed by atoms with van der Waals surface area (Å²) in [6, 6.07) is 16.7. The van der Waals surface area contributed by atoms with Crippen LogP contribution in [0.15, 0.2) is 54.6 Å². The van der Waals surface area contributed by atoms with Gasteiger partial charge in [-0.25, -0.2) is 4.79 Å². The Morgan fingerprint density at radius 2 is 1.86 bits per heavy atom. The molecule has 1 heterocycles. The molecule has 1 aliphatic rings. The van der Waals surface area contributed by atoms with Crippen molar-refractivity contribution in [1.29, 1.82) is 0 Å². The zero-order chi connectivity index (χ0) is 20.0. The second kappa shape index (κ2) is 9.11. The Morgan fingerprint density at radius 1 is 1.14 bits per heavy atom. The Kier molecular flexibility index (Phi) is 6.57. The van der Waals surface area contributed by atoms with Gasteiger partial charge in [0.2, 0.25) is 0 Å². The van der Waals surface area contributed by atoms with Crippen LogP contribution in [0.4, 0.5) is 10.5 Å². The monoisotopic (exact) mass is 400 g/mol. The third-order valence-corrected chi connectivity index (χ3v) is 5.40. The van der Waals surface area contributed by atoms with Crippen LogP contribution in [-0.2, 0) is 16.0 Å². The fraction of sp³-hybridized carbons (Fsp3) is 0.364. The molecule has 1 aliphatic heterocycles. The lowest BCUT2D eigenvalue weighted by molar-refractivity contribution is -0.158. The molecule has 1 saturated heterocycles. The number of amides is 2. The predicted octanol–water partition coefficient (Wildman–Crippen LogP) is 4.76. The number of likely N-dealkylation sites (tertiary alicyclic amines) is 1. The van der Waals surface area contributed by atoms with Gasteiger partial charge < -0.3 is 15.0 Å². The predicted molar refractivity (Wildman–Crippen MR) is 110 cm³/mol. The number of carbonyl (C=O) groups excluding carboxylic acids is 2. The summed E-state index contributed by atoms with van der Waals surface area (Å²) >= 11 is 6.15. The van der Waals surface area contributed by atoms with Gasteiger partial charge in [-0.15, -0.1) is 0 Å². The number of benzene rings is 2. The molecule has 0 bridgehead atoms. The number of hydrogen-bond donors (Lipinski definition) is 1. The van der Waals surface area contributed by atoms with Gasteiger partial charge in [0.25, 0.3) is 0 Å². The summed E-state index contributed by atoms with van der Waals surface area (Å²) < 4.78 is 5.40. The molecule has 0 aliphatic carbocycles. The van der Waals surface area contributed by atoms with E-state index < -0.39 is 5.41 Å². The van der Waals surface area contributed by atoms with Crippen LogP contribution in [0.5, 0.6) is 0 Å². The van der Waals surface area contributed by atoms with Crippen molar-refractivity contribution in [1.82, 2.24) is 4.90 Å². The number of esters is 1. The molecule has 2 aromatic carbocycles. The van der Waals surface area contributed by atoms with Crippen LogP contribution in [0.2, 0.25) is 5.02 Å². The summed E-state index contributed by atoms with van der Waals surface area (Å²) in [4.78, 5) is 27.4. The van der Waals surface area contributed by atoms with Crippen molar-refractivity contribution in [2.45, 2.75) is 26.2 Å². The third-order valence-electron chi connectivity index (χ3n) is 5.07. The molecule has 5 nitrogen and oxygen atoms in total. The Balaban J connectivity index is 1.80. The number of halogens is 1. The van der Waals surface area contributed by atoms with Gasteiger partial charge >= 0.3 is 12.0 Å². The SMILES string of the molecule is CCOC(=O)[C@@]1(Cc2ccccc2)CCCN(C(=O)Nc2ccccc2Cl)C1. The Morgan fingerprint density at radius 3 is 2.57 bits per heavy atom. The smallest absolute Gasteiger partial charge is 0.321 e. The molecular weight excluding hydrogens is 376 g/mol. The first-order chi connectivity index (χ1) is 13.5. The molecule has 2 amide bonds. The van der Waals surface area contributed by atoms with E-state index in [0.717, 1.165) is 12.0 Å². The van der Waals surface area contributed by atoms with E-state index in [1.165, 1.54) is 0 Å². The Hall–Kier alpha value is -2.53. The molecule has 1 fully saturated rings. The van der Waals surface area contributed by atoms with Crippen molar-refractivity contribution in [3.8, 4) is 0 Å². The van der Waals surface area contributed by atoms with Crippen LogP contribution in [0.3, 0.4) is 0 Å². The Bertz CT molecular complexity index is 828. The average molecular weight is 401 g/mol. The first-order valence-corrected chi connectivity index (χ1v) is 9.93. The van der Waals surface area contributed by atoms with Gasteiger partial charge in [-0.3, -0.25) is 4.79 Å². The standard InChI is InChI=1S/C22H25ClN2O3/c1-2-28-20(26)22(15-17-9-4-3-5-10-17)13-8-14-25(16-22)21(27)24-19-12-7-6-11-18(19)23/h3-7,9-12H,2,8,13-16H2,1H3,(H,24,27)/t22-/m1/s1. The van der Waals surface area contributed by atoms with E-state index in [-0.39, 0.29) is 12.0 Å². The third kappa shape index (κ3) is 4.65. The maximum Gasteiger partial charge on any atom is 0.321 e. The summed E-state index contributed by atoms with van der Waals surface area (Å²) in [6.07, 6.45) is 1.97. The highest BCUT2D eigenvalue weighted by Gasteiger charge is 2.44. The Labute approximate surface area is 170 Å².